The van der Waals surface area contributed by atoms with E-state index in [0.717, 1.165) is 38.4 Å². The summed E-state index contributed by atoms with van der Waals surface area (Å²) in [6, 6.07) is 17.9. The largest absolute Gasteiger partial charge is 0.569 e. The number of halogens is 3. The number of alkyl halides is 3. The first-order valence-corrected chi connectivity index (χ1v) is 16.6. The van der Waals surface area contributed by atoms with Crippen LogP contribution in [-0.2, 0) is 25.8 Å². The fraction of sp³-hybridized carbons (Fsp3) is 0.250. The van der Waals surface area contributed by atoms with Gasteiger partial charge in [-0.15, -0.1) is 5.01 Å². The van der Waals surface area contributed by atoms with Gasteiger partial charge >= 0.3 is 12.3 Å². The van der Waals surface area contributed by atoms with Gasteiger partial charge in [-0.1, -0.05) is 42.0 Å². The normalized spacial score (nSPS) is 13.4. The predicted octanol–water partition coefficient (Wildman–Crippen LogP) is 5.05. The van der Waals surface area contributed by atoms with Crippen molar-refractivity contribution in [2.45, 2.75) is 37.9 Å². The van der Waals surface area contributed by atoms with Crippen molar-refractivity contribution in [2.75, 3.05) is 19.9 Å². The number of nitrogens with zero attached hydrogens (tertiary/aromatic N) is 6. The number of rotatable bonds is 12. The average molecular weight is 730 g/mol. The van der Waals surface area contributed by atoms with Gasteiger partial charge in [0, 0.05) is 5.56 Å². The molecule has 3 amide bonds. The second-order valence-corrected chi connectivity index (χ2v) is 13.0. The molecule has 0 radical (unpaired) electrons. The first kappa shape index (κ1) is 36.3. The van der Waals surface area contributed by atoms with Crippen LogP contribution in [0.15, 0.2) is 89.0 Å². The van der Waals surface area contributed by atoms with E-state index in [1.807, 2.05) is 6.92 Å². The van der Waals surface area contributed by atoms with Crippen molar-refractivity contribution in [1.29, 1.82) is 0 Å². The fourth-order valence-corrected chi connectivity index (χ4v) is 5.81. The van der Waals surface area contributed by atoms with Crippen LogP contribution in [0, 0.1) is 12.1 Å². The number of nitrogens with one attached hydrogen (secondary N) is 1. The Bertz CT molecular complexity index is 2050. The highest BCUT2D eigenvalue weighted by atomic mass is 32.2. The predicted molar refractivity (Wildman–Crippen MR) is 171 cm³/mol. The molecular weight excluding hydrogens is 699 g/mol. The minimum atomic E-state index is -4.73. The van der Waals surface area contributed by atoms with E-state index in [9.17, 15) is 41.2 Å². The molecule has 0 aliphatic carbocycles. The van der Waals surface area contributed by atoms with E-state index in [-0.39, 0.29) is 34.0 Å². The Labute approximate surface area is 289 Å². The molecule has 0 saturated heterocycles. The number of fused-ring (bicyclic) bond motifs is 1. The molecule has 15 nitrogen and oxygen atoms in total. The second kappa shape index (κ2) is 14.5. The van der Waals surface area contributed by atoms with Crippen LogP contribution in [0.3, 0.4) is 0 Å². The summed E-state index contributed by atoms with van der Waals surface area (Å²) >= 11 is 0. The van der Waals surface area contributed by atoms with Gasteiger partial charge in [-0.3, -0.25) is 9.59 Å². The number of amides is 3. The molecule has 2 heterocycles. The van der Waals surface area contributed by atoms with Gasteiger partial charge in [-0.2, -0.15) is 18.3 Å². The Balaban J connectivity index is 1.18. The Kier molecular flexibility index (Phi) is 10.3. The van der Waals surface area contributed by atoms with Crippen LogP contribution in [0.4, 0.5) is 18.0 Å². The van der Waals surface area contributed by atoms with E-state index >= 15 is 0 Å². The standard InChI is InChI=1S/C32H30F3N7O8S/c1-20(2)40(42(46)38-50-19-39-29(43)25-6-4-5-7-26(25)30(39)44)16-17-49-31(45)37-51(47,48)24-14-12-23(13-15-24)41-27(18-28(36-41)32(33,34)35)22-10-8-21(3)9-11-22/h4-15,18,20H,16-17,19H2,1-3H3,(H,37,45)/b42-38+. The molecule has 3 aromatic carbocycles. The second-order valence-electron chi connectivity index (χ2n) is 11.4. The molecule has 0 atom stereocenters. The van der Waals surface area contributed by atoms with Crippen LogP contribution < -0.4 is 4.72 Å². The Morgan fingerprint density at radius 2 is 1.63 bits per heavy atom. The molecule has 19 heteroatoms. The minimum Gasteiger partial charge on any atom is -0.569 e. The zero-order valence-electron chi connectivity index (χ0n) is 27.2. The summed E-state index contributed by atoms with van der Waals surface area (Å²) in [5.41, 5.74) is 0.818. The quantitative estimate of drug-likeness (QED) is 0.0898. The molecule has 0 fully saturated rings. The van der Waals surface area contributed by atoms with Crippen LogP contribution in [0.2, 0.25) is 0 Å². The Morgan fingerprint density at radius 1 is 1.02 bits per heavy atom. The van der Waals surface area contributed by atoms with E-state index in [1.54, 1.807) is 55.0 Å². The maximum atomic E-state index is 13.5. The number of hydrazine groups is 1. The molecule has 0 saturated carbocycles. The average Bonchev–Trinajstić information content (AvgIpc) is 3.63. The number of aromatic nitrogens is 2. The Morgan fingerprint density at radius 3 is 2.20 bits per heavy atom. The lowest BCUT2D eigenvalue weighted by Gasteiger charge is -2.21. The molecule has 1 aliphatic rings. The molecule has 1 aliphatic heterocycles. The summed E-state index contributed by atoms with van der Waals surface area (Å²) in [5.74, 6) is -1.22. The van der Waals surface area contributed by atoms with Gasteiger partial charge < -0.3 is 14.8 Å². The van der Waals surface area contributed by atoms with Gasteiger partial charge in [0.25, 0.3) is 21.8 Å². The number of ether oxygens (including phenoxy) is 1. The summed E-state index contributed by atoms with van der Waals surface area (Å²) in [4.78, 5) is 42.6. The number of carbonyl (C=O) groups is 3. The van der Waals surface area contributed by atoms with Gasteiger partial charge in [0.2, 0.25) is 12.0 Å². The monoisotopic (exact) mass is 729 g/mol. The van der Waals surface area contributed by atoms with Crippen molar-refractivity contribution in [3.8, 4) is 16.9 Å². The summed E-state index contributed by atoms with van der Waals surface area (Å²) in [7, 11) is -4.49. The van der Waals surface area contributed by atoms with Crippen molar-refractivity contribution in [3.05, 3.63) is 106 Å². The number of hydrogen-bond donors (Lipinski definition) is 1. The third-order valence-electron chi connectivity index (χ3n) is 7.52. The van der Waals surface area contributed by atoms with Gasteiger partial charge in [0.1, 0.15) is 13.2 Å². The fourth-order valence-electron chi connectivity index (χ4n) is 4.92. The van der Waals surface area contributed by atoms with E-state index in [1.165, 1.54) is 24.3 Å². The number of aryl methyl sites for hydroxylation is 1. The molecule has 1 aromatic heterocycles. The smallest absolute Gasteiger partial charge is 0.435 e. The summed E-state index contributed by atoms with van der Waals surface area (Å²) in [6.45, 7) is 3.65. The number of imide groups is 1. The summed E-state index contributed by atoms with van der Waals surface area (Å²) in [6.07, 6.45) is -6.11. The number of sulfonamides is 1. The molecule has 51 heavy (non-hydrogen) atoms. The van der Waals surface area contributed by atoms with Crippen LogP contribution in [-0.4, -0.2) is 76.9 Å². The van der Waals surface area contributed by atoms with E-state index in [2.05, 4.69) is 10.4 Å². The first-order valence-electron chi connectivity index (χ1n) is 15.1. The lowest BCUT2D eigenvalue weighted by molar-refractivity contribution is -0.717. The highest BCUT2D eigenvalue weighted by Crippen LogP contribution is 2.33. The molecular formula is C32H30F3N7O8S. The molecule has 4 aromatic rings. The van der Waals surface area contributed by atoms with Crippen LogP contribution in [0.25, 0.3) is 16.9 Å². The van der Waals surface area contributed by atoms with Crippen molar-refractivity contribution in [2.24, 2.45) is 5.28 Å². The minimum absolute atomic E-state index is 0.0317. The van der Waals surface area contributed by atoms with Gasteiger partial charge in [-0.05, 0) is 63.2 Å². The topological polar surface area (TPSA) is 179 Å². The van der Waals surface area contributed by atoms with Crippen LogP contribution >= 0.6 is 0 Å². The van der Waals surface area contributed by atoms with Crippen molar-refractivity contribution in [1.82, 2.24) is 24.4 Å². The van der Waals surface area contributed by atoms with Crippen molar-refractivity contribution < 1.29 is 50.5 Å². The first-order chi connectivity index (χ1) is 24.1. The van der Waals surface area contributed by atoms with Crippen molar-refractivity contribution >= 4 is 27.9 Å². The third-order valence-corrected chi connectivity index (χ3v) is 8.85. The van der Waals surface area contributed by atoms with Crippen molar-refractivity contribution in [3.63, 3.8) is 0 Å². The lowest BCUT2D eigenvalue weighted by Crippen LogP contribution is -2.41. The molecule has 0 unspecified atom stereocenters. The van der Waals surface area contributed by atoms with Gasteiger partial charge in [-0.25, -0.2) is 27.5 Å². The van der Waals surface area contributed by atoms with E-state index in [0.29, 0.717) is 5.56 Å². The molecule has 1 N–H and O–H groups in total. The highest BCUT2D eigenvalue weighted by molar-refractivity contribution is 7.90. The molecule has 0 bridgehead atoms. The van der Waals surface area contributed by atoms with Gasteiger partial charge in [0.05, 0.1) is 38.4 Å². The molecule has 5 rings (SSSR count). The zero-order valence-corrected chi connectivity index (χ0v) is 28.0. The molecule has 0 spiro atoms. The SMILES string of the molecule is Cc1ccc(-c2cc(C(F)(F)F)nn2-c2ccc(S(=O)(=O)NC(=O)OCCN(C(C)C)/[N+]([O-])=N\OCN3C(=O)c4ccccc4C3=O)cc2)cc1. The highest BCUT2D eigenvalue weighted by Gasteiger charge is 2.37. The zero-order chi connectivity index (χ0) is 37.1. The van der Waals surface area contributed by atoms with Gasteiger partial charge in [0.15, 0.2) is 5.69 Å². The lowest BCUT2D eigenvalue weighted by atomic mass is 10.1. The summed E-state index contributed by atoms with van der Waals surface area (Å²) < 4.78 is 74.0. The maximum Gasteiger partial charge on any atom is 0.435 e. The maximum absolute atomic E-state index is 13.5. The van der Waals surface area contributed by atoms with Crippen LogP contribution in [0.1, 0.15) is 45.8 Å². The third kappa shape index (κ3) is 8.09. The number of carbonyl (C=O) groups excluding carboxylic acids is 3. The van der Waals surface area contributed by atoms with E-state index in [4.69, 9.17) is 9.57 Å². The Hall–Kier alpha value is -5.98. The summed E-state index contributed by atoms with van der Waals surface area (Å²) in [5, 5.41) is 20.7. The number of hydrogen-bond acceptors (Lipinski definition) is 10. The van der Waals surface area contributed by atoms with Crippen LogP contribution in [0.5, 0.6) is 0 Å². The molecule has 268 valence electrons. The number of benzene rings is 3. The van der Waals surface area contributed by atoms with E-state index < -0.39 is 64.1 Å².